The van der Waals surface area contributed by atoms with Gasteiger partial charge in [0.25, 0.3) is 5.69 Å². The predicted octanol–water partition coefficient (Wildman–Crippen LogP) is 3.69. The number of hydrogen-bond donors (Lipinski definition) is 1. The first-order valence-electron chi connectivity index (χ1n) is 6.25. The monoisotopic (exact) mass is 396 g/mol. The number of carbonyl (C=O) groups excluding carboxylic acids is 1. The van der Waals surface area contributed by atoms with E-state index in [1.54, 1.807) is 12.1 Å². The summed E-state index contributed by atoms with van der Waals surface area (Å²) >= 11 is 2.21. The average Bonchev–Trinajstić information content (AvgIpc) is 2.42. The van der Waals surface area contributed by atoms with Crippen LogP contribution < -0.4 is 5.32 Å². The van der Waals surface area contributed by atoms with Crippen LogP contribution in [0.15, 0.2) is 42.5 Å². The first-order chi connectivity index (χ1) is 9.95. The van der Waals surface area contributed by atoms with E-state index >= 15 is 0 Å². The van der Waals surface area contributed by atoms with E-state index in [2.05, 4.69) is 27.9 Å². The van der Waals surface area contributed by atoms with Crippen molar-refractivity contribution in [1.82, 2.24) is 0 Å². The van der Waals surface area contributed by atoms with Crippen molar-refractivity contribution in [2.45, 2.75) is 13.3 Å². The highest BCUT2D eigenvalue weighted by Gasteiger charge is 2.08. The van der Waals surface area contributed by atoms with Crippen molar-refractivity contribution in [1.29, 1.82) is 0 Å². The van der Waals surface area contributed by atoms with Crippen molar-refractivity contribution in [3.63, 3.8) is 0 Å². The second-order valence-electron chi connectivity index (χ2n) is 4.61. The van der Waals surface area contributed by atoms with Gasteiger partial charge in [-0.1, -0.05) is 12.1 Å². The Morgan fingerprint density at radius 2 is 1.90 bits per heavy atom. The molecule has 0 saturated carbocycles. The second-order valence-corrected chi connectivity index (χ2v) is 5.85. The summed E-state index contributed by atoms with van der Waals surface area (Å²) in [4.78, 5) is 22.1. The number of anilines is 1. The van der Waals surface area contributed by atoms with Gasteiger partial charge in [-0.2, -0.15) is 0 Å². The maximum Gasteiger partial charge on any atom is 0.269 e. The molecule has 0 saturated heterocycles. The van der Waals surface area contributed by atoms with Gasteiger partial charge in [0.05, 0.1) is 11.3 Å². The van der Waals surface area contributed by atoms with Crippen LogP contribution in [0.1, 0.15) is 11.1 Å². The Morgan fingerprint density at radius 1 is 1.24 bits per heavy atom. The Hall–Kier alpha value is -1.96. The maximum atomic E-state index is 12.0. The van der Waals surface area contributed by atoms with Crippen LogP contribution in [0.25, 0.3) is 0 Å². The lowest BCUT2D eigenvalue weighted by molar-refractivity contribution is -0.384. The molecule has 2 aromatic carbocycles. The molecule has 0 atom stereocenters. The first-order valence-corrected chi connectivity index (χ1v) is 7.33. The average molecular weight is 396 g/mol. The van der Waals surface area contributed by atoms with Crippen molar-refractivity contribution in [2.75, 3.05) is 5.32 Å². The van der Waals surface area contributed by atoms with Gasteiger partial charge in [0.1, 0.15) is 0 Å². The number of amides is 1. The van der Waals surface area contributed by atoms with Crippen molar-refractivity contribution in [3.8, 4) is 0 Å². The van der Waals surface area contributed by atoms with Crippen LogP contribution in [0.2, 0.25) is 0 Å². The van der Waals surface area contributed by atoms with E-state index in [9.17, 15) is 14.9 Å². The summed E-state index contributed by atoms with van der Waals surface area (Å²) in [5.74, 6) is -0.145. The molecule has 1 amide bonds. The Balaban J connectivity index is 2.02. The van der Waals surface area contributed by atoms with Gasteiger partial charge in [-0.15, -0.1) is 0 Å². The van der Waals surface area contributed by atoms with Crippen LogP contribution >= 0.6 is 22.6 Å². The summed E-state index contributed by atoms with van der Waals surface area (Å²) in [5.41, 5.74) is 2.54. The number of benzene rings is 2. The van der Waals surface area contributed by atoms with Crippen LogP contribution in [0.5, 0.6) is 0 Å². The van der Waals surface area contributed by atoms with Crippen LogP contribution in [0.4, 0.5) is 11.4 Å². The van der Waals surface area contributed by atoms with Crippen LogP contribution in [0, 0.1) is 20.6 Å². The van der Waals surface area contributed by atoms with Crippen molar-refractivity contribution >= 4 is 39.9 Å². The van der Waals surface area contributed by atoms with Gasteiger partial charge in [-0.3, -0.25) is 14.9 Å². The molecule has 0 aliphatic rings. The highest BCUT2D eigenvalue weighted by atomic mass is 127. The Morgan fingerprint density at radius 3 is 2.48 bits per heavy atom. The molecule has 6 heteroatoms. The molecule has 1 N–H and O–H groups in total. The first kappa shape index (κ1) is 15.4. The van der Waals surface area contributed by atoms with E-state index in [4.69, 9.17) is 0 Å². The summed E-state index contributed by atoms with van der Waals surface area (Å²) < 4.78 is 1.11. The molecule has 0 bridgehead atoms. The van der Waals surface area contributed by atoms with Gasteiger partial charge in [0.2, 0.25) is 5.91 Å². The normalized spacial score (nSPS) is 10.2. The van der Waals surface area contributed by atoms with E-state index in [0.29, 0.717) is 0 Å². The number of hydrogen-bond acceptors (Lipinski definition) is 3. The predicted molar refractivity (Wildman–Crippen MR) is 89.3 cm³/mol. The number of halogens is 1. The maximum absolute atomic E-state index is 12.0. The third-order valence-corrected chi connectivity index (χ3v) is 3.65. The third-order valence-electron chi connectivity index (χ3n) is 2.97. The summed E-state index contributed by atoms with van der Waals surface area (Å²) in [6, 6.07) is 11.8. The fraction of sp³-hybridized carbons (Fsp3) is 0.133. The molecule has 2 rings (SSSR count). The zero-order valence-electron chi connectivity index (χ0n) is 11.3. The largest absolute Gasteiger partial charge is 0.326 e. The summed E-state index contributed by atoms with van der Waals surface area (Å²) in [6.45, 7) is 1.93. The molecule has 0 heterocycles. The third kappa shape index (κ3) is 4.25. The number of carbonyl (C=O) groups is 1. The van der Waals surface area contributed by atoms with E-state index < -0.39 is 4.92 Å². The minimum absolute atomic E-state index is 0.0210. The molecule has 0 aromatic heterocycles. The molecular formula is C15H13IN2O3. The number of rotatable bonds is 4. The highest BCUT2D eigenvalue weighted by molar-refractivity contribution is 14.1. The highest BCUT2D eigenvalue weighted by Crippen LogP contribution is 2.18. The van der Waals surface area contributed by atoms with Crippen LogP contribution in [-0.4, -0.2) is 10.8 Å². The molecule has 108 valence electrons. The number of non-ortho nitro benzene ring substituents is 1. The molecule has 0 radical (unpaired) electrons. The topological polar surface area (TPSA) is 72.2 Å². The van der Waals surface area contributed by atoms with Crippen molar-refractivity contribution < 1.29 is 9.72 Å². The summed E-state index contributed by atoms with van der Waals surface area (Å²) in [6.07, 6.45) is 0.184. The minimum Gasteiger partial charge on any atom is -0.326 e. The van der Waals surface area contributed by atoms with Crippen LogP contribution in [-0.2, 0) is 11.2 Å². The lowest BCUT2D eigenvalue weighted by Gasteiger charge is -2.08. The molecule has 0 fully saturated rings. The molecule has 2 aromatic rings. The van der Waals surface area contributed by atoms with Crippen molar-refractivity contribution in [3.05, 3.63) is 67.3 Å². The number of nitrogens with one attached hydrogen (secondary N) is 1. The van der Waals surface area contributed by atoms with Gasteiger partial charge in [0, 0.05) is 21.4 Å². The number of nitro groups is 1. The van der Waals surface area contributed by atoms with E-state index in [0.717, 1.165) is 20.4 Å². The zero-order valence-corrected chi connectivity index (χ0v) is 13.5. The summed E-state index contributed by atoms with van der Waals surface area (Å²) in [5, 5.41) is 13.4. The minimum atomic E-state index is -0.460. The van der Waals surface area contributed by atoms with Crippen molar-refractivity contribution in [2.24, 2.45) is 0 Å². The molecular weight excluding hydrogens is 383 g/mol. The molecule has 0 unspecified atom stereocenters. The second kappa shape index (κ2) is 6.66. The lowest BCUT2D eigenvalue weighted by atomic mass is 10.1. The van der Waals surface area contributed by atoms with Gasteiger partial charge in [-0.25, -0.2) is 0 Å². The summed E-state index contributed by atoms with van der Waals surface area (Å²) in [7, 11) is 0. The molecule has 0 aliphatic carbocycles. The SMILES string of the molecule is Cc1cc(I)ccc1NC(=O)Cc1ccc([N+](=O)[O-])cc1. The number of aryl methyl sites for hydroxylation is 1. The van der Waals surface area contributed by atoms with Gasteiger partial charge in [-0.05, 0) is 58.8 Å². The quantitative estimate of drug-likeness (QED) is 0.487. The number of nitrogens with zero attached hydrogens (tertiary/aromatic N) is 1. The zero-order chi connectivity index (χ0) is 15.4. The van der Waals surface area contributed by atoms with Gasteiger partial charge in [0.15, 0.2) is 0 Å². The molecule has 0 spiro atoms. The van der Waals surface area contributed by atoms with Gasteiger partial charge < -0.3 is 5.32 Å². The number of nitro benzene ring substituents is 1. The Labute approximate surface area is 135 Å². The Bertz CT molecular complexity index is 684. The Kier molecular flexibility index (Phi) is 4.89. The molecule has 0 aliphatic heterocycles. The van der Waals surface area contributed by atoms with Gasteiger partial charge >= 0.3 is 0 Å². The van der Waals surface area contributed by atoms with Crippen LogP contribution in [0.3, 0.4) is 0 Å². The molecule has 21 heavy (non-hydrogen) atoms. The fourth-order valence-electron chi connectivity index (χ4n) is 1.88. The van der Waals surface area contributed by atoms with E-state index in [1.165, 1.54) is 12.1 Å². The van der Waals surface area contributed by atoms with E-state index in [-0.39, 0.29) is 18.0 Å². The smallest absolute Gasteiger partial charge is 0.269 e. The lowest BCUT2D eigenvalue weighted by Crippen LogP contribution is -2.15. The van der Waals surface area contributed by atoms with E-state index in [1.807, 2.05) is 25.1 Å². The standard InChI is InChI=1S/C15H13IN2O3/c1-10-8-12(16)4-7-14(10)17-15(19)9-11-2-5-13(6-3-11)18(20)21/h2-8H,9H2,1H3,(H,17,19). The molecule has 5 nitrogen and oxygen atoms in total. The fourth-order valence-corrected chi connectivity index (χ4v) is 2.53.